The number of aliphatic hydroxyl groups is 1. The van der Waals surface area contributed by atoms with Crippen LogP contribution in [-0.2, 0) is 4.79 Å². The lowest BCUT2D eigenvalue weighted by molar-refractivity contribution is -0.135. The Balaban J connectivity index is 2.66. The summed E-state index contributed by atoms with van der Waals surface area (Å²) in [4.78, 5) is 13.8. The zero-order valence-electron chi connectivity index (χ0n) is 9.41. The van der Waals surface area contributed by atoms with Crippen molar-refractivity contribution in [1.82, 2.24) is 4.90 Å². The first-order chi connectivity index (χ1) is 6.69. The molecule has 0 heterocycles. The number of hydrogen-bond acceptors (Lipinski definition) is 3. The van der Waals surface area contributed by atoms with Gasteiger partial charge in [0, 0.05) is 13.6 Å². The van der Waals surface area contributed by atoms with Crippen molar-refractivity contribution in [3.05, 3.63) is 0 Å². The lowest BCUT2D eigenvalue weighted by atomic mass is 10.0. The molecule has 0 atom stereocenters. The molecular formula is C10H18N2O2S. The lowest BCUT2D eigenvalue weighted by Crippen LogP contribution is -2.46. The average molecular weight is 230 g/mol. The van der Waals surface area contributed by atoms with Gasteiger partial charge < -0.3 is 15.7 Å². The van der Waals surface area contributed by atoms with E-state index in [-0.39, 0.29) is 17.4 Å². The van der Waals surface area contributed by atoms with E-state index in [0.29, 0.717) is 0 Å². The second-order valence-corrected chi connectivity index (χ2v) is 5.36. The minimum atomic E-state index is -0.892. The Morgan fingerprint density at radius 2 is 2.07 bits per heavy atom. The number of nitrogens with zero attached hydrogens (tertiary/aromatic N) is 1. The van der Waals surface area contributed by atoms with Crippen LogP contribution in [0.25, 0.3) is 0 Å². The van der Waals surface area contributed by atoms with Crippen LogP contribution in [-0.4, -0.2) is 40.1 Å². The third-order valence-electron chi connectivity index (χ3n) is 2.60. The molecule has 0 bridgehead atoms. The van der Waals surface area contributed by atoms with Gasteiger partial charge in [0.25, 0.3) is 0 Å². The maximum absolute atomic E-state index is 12.0. The molecule has 4 nitrogen and oxygen atoms in total. The van der Waals surface area contributed by atoms with Crippen molar-refractivity contribution in [2.75, 3.05) is 13.6 Å². The Bertz CT molecular complexity index is 292. The fraction of sp³-hybridized carbons (Fsp3) is 0.800. The Kier molecular flexibility index (Phi) is 3.07. The van der Waals surface area contributed by atoms with E-state index < -0.39 is 11.0 Å². The van der Waals surface area contributed by atoms with Crippen molar-refractivity contribution >= 4 is 23.1 Å². The number of thiocarbonyl (C=S) groups is 1. The number of likely N-dealkylation sites (N-methyl/N-ethyl adjacent to an activating group) is 1. The van der Waals surface area contributed by atoms with Gasteiger partial charge in [-0.25, -0.2) is 0 Å². The van der Waals surface area contributed by atoms with Gasteiger partial charge in [0.15, 0.2) is 0 Å². The average Bonchev–Trinajstić information content (AvgIpc) is 2.79. The van der Waals surface area contributed by atoms with Gasteiger partial charge >= 0.3 is 0 Å². The zero-order chi connectivity index (χ0) is 11.9. The minimum absolute atomic E-state index is 0.0721. The van der Waals surface area contributed by atoms with Crippen LogP contribution >= 0.6 is 12.2 Å². The van der Waals surface area contributed by atoms with Crippen molar-refractivity contribution < 1.29 is 9.90 Å². The summed E-state index contributed by atoms with van der Waals surface area (Å²) >= 11 is 4.90. The number of rotatable bonds is 4. The Hall–Kier alpha value is -0.680. The molecule has 1 aliphatic carbocycles. The van der Waals surface area contributed by atoms with E-state index in [1.807, 2.05) is 0 Å². The molecule has 0 radical (unpaired) electrons. The van der Waals surface area contributed by atoms with Crippen LogP contribution < -0.4 is 5.73 Å². The van der Waals surface area contributed by atoms with Crippen LogP contribution in [0.15, 0.2) is 0 Å². The second-order valence-electron chi connectivity index (χ2n) is 4.92. The summed E-state index contributed by atoms with van der Waals surface area (Å²) in [5.41, 5.74) is 4.05. The predicted molar refractivity (Wildman–Crippen MR) is 62.4 cm³/mol. The normalized spacial score (nSPS) is 18.4. The molecule has 0 spiro atoms. The largest absolute Gasteiger partial charge is 0.392 e. The lowest BCUT2D eigenvalue weighted by Gasteiger charge is -2.28. The molecule has 0 aliphatic heterocycles. The summed E-state index contributed by atoms with van der Waals surface area (Å²) in [6, 6.07) is 0. The molecule has 0 aromatic rings. The molecule has 3 N–H and O–H groups in total. The first kappa shape index (κ1) is 12.4. The Labute approximate surface area is 95.4 Å². The highest BCUT2D eigenvalue weighted by Crippen LogP contribution is 2.47. The second kappa shape index (κ2) is 3.72. The highest BCUT2D eigenvalue weighted by Gasteiger charge is 2.54. The number of hydrogen-bond donors (Lipinski definition) is 2. The van der Waals surface area contributed by atoms with Gasteiger partial charge in [0.05, 0.1) is 16.0 Å². The van der Waals surface area contributed by atoms with Crippen molar-refractivity contribution in [2.24, 2.45) is 11.1 Å². The Morgan fingerprint density at radius 3 is 2.33 bits per heavy atom. The zero-order valence-corrected chi connectivity index (χ0v) is 10.2. The predicted octanol–water partition coefficient (Wildman–Crippen LogP) is 0.282. The minimum Gasteiger partial charge on any atom is -0.392 e. The summed E-state index contributed by atoms with van der Waals surface area (Å²) in [6.07, 6.45) is 1.47. The van der Waals surface area contributed by atoms with E-state index in [2.05, 4.69) is 0 Å². The highest BCUT2D eigenvalue weighted by molar-refractivity contribution is 7.80. The van der Waals surface area contributed by atoms with Crippen LogP contribution in [0.4, 0.5) is 0 Å². The van der Waals surface area contributed by atoms with E-state index in [1.165, 1.54) is 4.90 Å². The third kappa shape index (κ3) is 2.66. The Morgan fingerprint density at radius 1 is 1.60 bits per heavy atom. The molecule has 1 rings (SSSR count). The van der Waals surface area contributed by atoms with E-state index in [0.717, 1.165) is 12.8 Å². The summed E-state index contributed by atoms with van der Waals surface area (Å²) in [5, 5.41) is 9.60. The van der Waals surface area contributed by atoms with Crippen LogP contribution in [0, 0.1) is 5.41 Å². The summed E-state index contributed by atoms with van der Waals surface area (Å²) in [7, 11) is 1.67. The van der Waals surface area contributed by atoms with E-state index >= 15 is 0 Å². The van der Waals surface area contributed by atoms with Crippen molar-refractivity contribution in [1.29, 1.82) is 0 Å². The quantitative estimate of drug-likeness (QED) is 0.681. The number of carbonyl (C=O) groups is 1. The van der Waals surface area contributed by atoms with Crippen molar-refractivity contribution in [2.45, 2.75) is 32.3 Å². The maximum atomic E-state index is 12.0. The van der Waals surface area contributed by atoms with Crippen LogP contribution in [0.2, 0.25) is 0 Å². The first-order valence-electron chi connectivity index (χ1n) is 4.97. The van der Waals surface area contributed by atoms with Crippen LogP contribution in [0.1, 0.15) is 26.7 Å². The highest BCUT2D eigenvalue weighted by atomic mass is 32.1. The van der Waals surface area contributed by atoms with Crippen LogP contribution in [0.5, 0.6) is 0 Å². The summed E-state index contributed by atoms with van der Waals surface area (Å²) < 4.78 is 0. The maximum Gasteiger partial charge on any atom is 0.235 e. The molecule has 0 unspecified atom stereocenters. The molecule has 1 saturated carbocycles. The molecule has 0 aromatic heterocycles. The van der Waals surface area contributed by atoms with Gasteiger partial charge in [0.2, 0.25) is 5.91 Å². The van der Waals surface area contributed by atoms with Gasteiger partial charge in [-0.15, -0.1) is 0 Å². The number of amides is 1. The smallest absolute Gasteiger partial charge is 0.235 e. The first-order valence-corrected chi connectivity index (χ1v) is 5.38. The van der Waals surface area contributed by atoms with Crippen molar-refractivity contribution in [3.63, 3.8) is 0 Å². The molecule has 1 aliphatic rings. The molecule has 5 heteroatoms. The fourth-order valence-electron chi connectivity index (χ4n) is 1.71. The van der Waals surface area contributed by atoms with Gasteiger partial charge in [-0.3, -0.25) is 4.79 Å². The van der Waals surface area contributed by atoms with E-state index in [9.17, 15) is 9.90 Å². The molecule has 86 valence electrons. The number of nitrogens with two attached hydrogens (primary N) is 1. The van der Waals surface area contributed by atoms with Gasteiger partial charge in [-0.2, -0.15) is 0 Å². The van der Waals surface area contributed by atoms with E-state index in [4.69, 9.17) is 18.0 Å². The van der Waals surface area contributed by atoms with Crippen LogP contribution in [0.3, 0.4) is 0 Å². The molecule has 1 fully saturated rings. The molecule has 0 saturated heterocycles. The van der Waals surface area contributed by atoms with E-state index in [1.54, 1.807) is 20.9 Å². The SMILES string of the molecule is CN(CC(C)(C)O)C(=O)C1(C(N)=S)CC1. The third-order valence-corrected chi connectivity index (χ3v) is 2.99. The fourth-order valence-corrected chi connectivity index (χ4v) is 2.00. The summed E-state index contributed by atoms with van der Waals surface area (Å²) in [6.45, 7) is 3.62. The van der Waals surface area contributed by atoms with Gasteiger partial charge in [-0.1, -0.05) is 12.2 Å². The monoisotopic (exact) mass is 230 g/mol. The summed E-state index contributed by atoms with van der Waals surface area (Å²) in [5.74, 6) is -0.0721. The van der Waals surface area contributed by atoms with Crippen molar-refractivity contribution in [3.8, 4) is 0 Å². The topological polar surface area (TPSA) is 66.6 Å². The number of carbonyl (C=O) groups excluding carboxylic acids is 1. The standard InChI is InChI=1S/C10H18N2O2S/c1-9(2,14)6-12(3)8(13)10(4-5-10)7(11)15/h14H,4-6H2,1-3H3,(H2,11,15). The van der Waals surface area contributed by atoms with Gasteiger partial charge in [0.1, 0.15) is 0 Å². The molecule has 1 amide bonds. The van der Waals surface area contributed by atoms with Gasteiger partial charge in [-0.05, 0) is 26.7 Å². The molecule has 0 aromatic carbocycles. The molecular weight excluding hydrogens is 212 g/mol. The molecule has 15 heavy (non-hydrogen) atoms.